The smallest absolute Gasteiger partial charge is 0.308 e. The van der Waals surface area contributed by atoms with Crippen molar-refractivity contribution in [3.63, 3.8) is 0 Å². The summed E-state index contributed by atoms with van der Waals surface area (Å²) < 4.78 is 0. The number of hydrogen-bond donors (Lipinski definition) is 2. The van der Waals surface area contributed by atoms with Crippen LogP contribution in [0.1, 0.15) is 5.56 Å². The van der Waals surface area contributed by atoms with Gasteiger partial charge in [0.2, 0.25) is 0 Å². The molecule has 0 unspecified atom stereocenters. The van der Waals surface area contributed by atoms with Gasteiger partial charge in [0.15, 0.2) is 0 Å². The molecule has 0 saturated carbocycles. The first kappa shape index (κ1) is 14.9. The molecular weight excluding hydrogens is 284 g/mol. The number of carbonyl (C=O) groups is 1. The largest absolute Gasteiger partial charge is 0.323 e. The molecule has 23 heavy (non-hydrogen) atoms. The molecule has 3 rings (SSSR count). The Hall–Kier alpha value is -3.07. The van der Waals surface area contributed by atoms with Gasteiger partial charge in [-0.15, -0.1) is 0 Å². The Morgan fingerprint density at radius 1 is 0.696 bits per heavy atom. The van der Waals surface area contributed by atoms with Crippen molar-refractivity contribution in [1.29, 1.82) is 0 Å². The highest BCUT2D eigenvalue weighted by molar-refractivity contribution is 6.00. The van der Waals surface area contributed by atoms with E-state index in [1.54, 1.807) is 0 Å². The number of carbonyl (C=O) groups excluding carboxylic acids is 1. The van der Waals surface area contributed by atoms with Gasteiger partial charge in [0.25, 0.3) is 0 Å². The lowest BCUT2D eigenvalue weighted by molar-refractivity contribution is 0.262. The minimum Gasteiger partial charge on any atom is -0.308 e. The van der Waals surface area contributed by atoms with Gasteiger partial charge in [-0.1, -0.05) is 60.7 Å². The lowest BCUT2D eigenvalue weighted by atomic mass is 10.1. The molecular formula is C20H18N2O. The van der Waals surface area contributed by atoms with Gasteiger partial charge in [-0.3, -0.25) is 0 Å². The SMILES string of the molecule is Cc1ccccc1NC(=O)Nc1ccc(-c2ccccc2)cc1. The Morgan fingerprint density at radius 2 is 1.30 bits per heavy atom. The van der Waals surface area contributed by atoms with E-state index in [0.717, 1.165) is 28.1 Å². The van der Waals surface area contributed by atoms with Crippen molar-refractivity contribution in [3.05, 3.63) is 84.4 Å². The van der Waals surface area contributed by atoms with Crippen LogP contribution >= 0.6 is 0 Å². The van der Waals surface area contributed by atoms with Crippen molar-refractivity contribution in [1.82, 2.24) is 0 Å². The minimum absolute atomic E-state index is 0.244. The fourth-order valence-electron chi connectivity index (χ4n) is 2.37. The Bertz CT molecular complexity index is 795. The maximum absolute atomic E-state index is 12.1. The normalized spacial score (nSPS) is 10.1. The summed E-state index contributed by atoms with van der Waals surface area (Å²) in [5.74, 6) is 0. The van der Waals surface area contributed by atoms with Crippen LogP contribution in [0.4, 0.5) is 16.2 Å². The summed E-state index contributed by atoms with van der Waals surface area (Å²) in [4.78, 5) is 12.1. The second-order valence-electron chi connectivity index (χ2n) is 5.34. The van der Waals surface area contributed by atoms with Crippen LogP contribution in [0.5, 0.6) is 0 Å². The number of anilines is 2. The van der Waals surface area contributed by atoms with Crippen molar-refractivity contribution in [2.24, 2.45) is 0 Å². The average Bonchev–Trinajstić information content (AvgIpc) is 2.58. The van der Waals surface area contributed by atoms with E-state index in [4.69, 9.17) is 0 Å². The maximum Gasteiger partial charge on any atom is 0.323 e. The predicted octanol–water partition coefficient (Wildman–Crippen LogP) is 5.31. The van der Waals surface area contributed by atoms with E-state index in [9.17, 15) is 4.79 Å². The molecule has 3 aromatic rings. The van der Waals surface area contributed by atoms with Crippen LogP contribution in [0.3, 0.4) is 0 Å². The van der Waals surface area contributed by atoms with E-state index < -0.39 is 0 Å². The average molecular weight is 302 g/mol. The predicted molar refractivity (Wildman–Crippen MR) is 95.7 cm³/mol. The highest BCUT2D eigenvalue weighted by atomic mass is 16.2. The van der Waals surface area contributed by atoms with Crippen molar-refractivity contribution in [3.8, 4) is 11.1 Å². The topological polar surface area (TPSA) is 41.1 Å². The number of nitrogens with one attached hydrogen (secondary N) is 2. The molecule has 0 saturated heterocycles. The molecule has 2 amide bonds. The van der Waals surface area contributed by atoms with Crippen molar-refractivity contribution < 1.29 is 4.79 Å². The summed E-state index contributed by atoms with van der Waals surface area (Å²) in [5, 5.41) is 5.70. The summed E-state index contributed by atoms with van der Waals surface area (Å²) in [6.45, 7) is 1.96. The Labute approximate surface area is 136 Å². The summed E-state index contributed by atoms with van der Waals surface area (Å²) in [6.07, 6.45) is 0. The van der Waals surface area contributed by atoms with Crippen LogP contribution in [0, 0.1) is 6.92 Å². The molecule has 0 fully saturated rings. The van der Waals surface area contributed by atoms with Gasteiger partial charge in [0.1, 0.15) is 0 Å². The third-order valence-electron chi connectivity index (χ3n) is 3.64. The van der Waals surface area contributed by atoms with E-state index in [-0.39, 0.29) is 6.03 Å². The third-order valence-corrected chi connectivity index (χ3v) is 3.64. The number of benzene rings is 3. The van der Waals surface area contributed by atoms with Gasteiger partial charge in [-0.2, -0.15) is 0 Å². The van der Waals surface area contributed by atoms with Gasteiger partial charge in [0.05, 0.1) is 0 Å². The maximum atomic E-state index is 12.1. The Balaban J connectivity index is 1.66. The van der Waals surface area contributed by atoms with Gasteiger partial charge >= 0.3 is 6.03 Å². The number of aryl methyl sites for hydroxylation is 1. The van der Waals surface area contributed by atoms with Crippen LogP contribution in [0.25, 0.3) is 11.1 Å². The summed E-state index contributed by atoms with van der Waals surface area (Å²) >= 11 is 0. The van der Waals surface area contributed by atoms with Crippen LogP contribution in [-0.2, 0) is 0 Å². The lowest BCUT2D eigenvalue weighted by Gasteiger charge is -2.10. The van der Waals surface area contributed by atoms with Crippen LogP contribution in [0.15, 0.2) is 78.9 Å². The quantitative estimate of drug-likeness (QED) is 0.676. The molecule has 0 aliphatic heterocycles. The van der Waals surface area contributed by atoms with Gasteiger partial charge in [0, 0.05) is 11.4 Å². The van der Waals surface area contributed by atoms with E-state index in [0.29, 0.717) is 0 Å². The first-order valence-corrected chi connectivity index (χ1v) is 7.51. The highest BCUT2D eigenvalue weighted by Crippen LogP contribution is 2.21. The van der Waals surface area contributed by atoms with Gasteiger partial charge in [-0.05, 0) is 41.8 Å². The first-order valence-electron chi connectivity index (χ1n) is 7.51. The second-order valence-corrected chi connectivity index (χ2v) is 5.34. The van der Waals surface area contributed by atoms with Crippen LogP contribution in [0.2, 0.25) is 0 Å². The molecule has 0 aliphatic rings. The third kappa shape index (κ3) is 3.77. The van der Waals surface area contributed by atoms with Gasteiger partial charge < -0.3 is 10.6 Å². The second kappa shape index (κ2) is 6.79. The molecule has 0 aliphatic carbocycles. The van der Waals surface area contributed by atoms with Crippen molar-refractivity contribution >= 4 is 17.4 Å². The molecule has 3 heteroatoms. The number of amides is 2. The Kier molecular flexibility index (Phi) is 4.39. The molecule has 0 atom stereocenters. The number of hydrogen-bond acceptors (Lipinski definition) is 1. The fraction of sp³-hybridized carbons (Fsp3) is 0.0500. The number of rotatable bonds is 3. The van der Waals surface area contributed by atoms with E-state index in [1.807, 2.05) is 73.7 Å². The molecule has 2 N–H and O–H groups in total. The van der Waals surface area contributed by atoms with Crippen molar-refractivity contribution in [2.45, 2.75) is 6.92 Å². The minimum atomic E-state index is -0.244. The molecule has 0 radical (unpaired) electrons. The summed E-state index contributed by atoms with van der Waals surface area (Å²) in [6, 6.07) is 25.4. The van der Waals surface area contributed by atoms with Crippen LogP contribution in [-0.4, -0.2) is 6.03 Å². The molecule has 114 valence electrons. The highest BCUT2D eigenvalue weighted by Gasteiger charge is 2.04. The molecule has 3 aromatic carbocycles. The molecule has 0 bridgehead atoms. The molecule has 0 heterocycles. The van der Waals surface area contributed by atoms with Gasteiger partial charge in [-0.25, -0.2) is 4.79 Å². The zero-order valence-electron chi connectivity index (χ0n) is 12.9. The van der Waals surface area contributed by atoms with E-state index >= 15 is 0 Å². The zero-order valence-corrected chi connectivity index (χ0v) is 12.9. The molecule has 0 aromatic heterocycles. The van der Waals surface area contributed by atoms with Crippen molar-refractivity contribution in [2.75, 3.05) is 10.6 Å². The Morgan fingerprint density at radius 3 is 2.00 bits per heavy atom. The molecule has 0 spiro atoms. The van der Waals surface area contributed by atoms with Crippen LogP contribution < -0.4 is 10.6 Å². The van der Waals surface area contributed by atoms with E-state index in [2.05, 4.69) is 22.8 Å². The summed E-state index contributed by atoms with van der Waals surface area (Å²) in [5.41, 5.74) is 4.88. The van der Waals surface area contributed by atoms with E-state index in [1.165, 1.54) is 0 Å². The first-order chi connectivity index (χ1) is 11.2. The standard InChI is InChI=1S/C20H18N2O/c1-15-7-5-6-10-19(15)22-20(23)21-18-13-11-17(12-14-18)16-8-3-2-4-9-16/h2-14H,1H3,(H2,21,22,23). The monoisotopic (exact) mass is 302 g/mol. The fourth-order valence-corrected chi connectivity index (χ4v) is 2.37. The molecule has 3 nitrogen and oxygen atoms in total. The lowest BCUT2D eigenvalue weighted by Crippen LogP contribution is -2.19. The number of urea groups is 1. The zero-order chi connectivity index (χ0) is 16.1. The summed E-state index contributed by atoms with van der Waals surface area (Å²) in [7, 11) is 0. The number of para-hydroxylation sites is 1.